The van der Waals surface area contributed by atoms with Crippen LogP contribution in [-0.2, 0) is 26.7 Å². The van der Waals surface area contributed by atoms with E-state index in [9.17, 15) is 16.8 Å². The van der Waals surface area contributed by atoms with Crippen LogP contribution in [-0.4, -0.2) is 95.7 Å². The van der Waals surface area contributed by atoms with Crippen molar-refractivity contribution in [3.63, 3.8) is 0 Å². The van der Waals surface area contributed by atoms with Gasteiger partial charge in [0.25, 0.3) is 20.2 Å². The summed E-state index contributed by atoms with van der Waals surface area (Å²) in [5.41, 5.74) is 2.78. The van der Waals surface area contributed by atoms with Gasteiger partial charge in [-0.2, -0.15) is 16.8 Å². The summed E-state index contributed by atoms with van der Waals surface area (Å²) in [6.45, 7) is 4.46. The zero-order valence-electron chi connectivity index (χ0n) is 21.0. The maximum Gasteiger partial charge on any atom is 0.261 e. The number of hydrogen-bond acceptors (Lipinski definition) is 9. The van der Waals surface area contributed by atoms with Gasteiger partial charge in [0.15, 0.2) is 0 Å². The molecular weight excluding hydrogens is 528 g/mol. The lowest BCUT2D eigenvalue weighted by Crippen LogP contribution is -2.46. The molecule has 0 spiro atoms. The predicted octanol–water partition coefficient (Wildman–Crippen LogP) is 2.71. The lowest BCUT2D eigenvalue weighted by molar-refractivity contribution is 0.109. The molecule has 0 bridgehead atoms. The van der Waals surface area contributed by atoms with Gasteiger partial charge in [-0.3, -0.25) is 14.0 Å². The minimum atomic E-state index is -3.67. The first-order valence-electron chi connectivity index (χ1n) is 11.0. The summed E-state index contributed by atoms with van der Waals surface area (Å²) in [7, 11) is -1.65. The van der Waals surface area contributed by atoms with E-state index in [1.807, 2.05) is 11.8 Å². The fourth-order valence-corrected chi connectivity index (χ4v) is 4.97. The van der Waals surface area contributed by atoms with E-state index in [0.717, 1.165) is 44.1 Å². The Balaban J connectivity index is 0.000000389. The van der Waals surface area contributed by atoms with Crippen molar-refractivity contribution in [3.8, 4) is 11.5 Å². The minimum Gasteiger partial charge on any atom is -0.497 e. The molecule has 2 aromatic carbocycles. The topological polar surface area (TPSA) is 134 Å². The number of benzene rings is 2. The Labute approximate surface area is 218 Å². The standard InChI is InChI=1S/C21H26N2O2S.2CH4O3S/c1-22-8-10-23(11-9-22)19-12-15-4-5-17(25-3)14-21(15)26-20-7-6-16(24-2)13-18(19)20;2*1-5(2,3)4/h4-7,13-14,19H,8-12H2,1-3H3;2*1H3,(H,2,3,4). The van der Waals surface area contributed by atoms with Crippen molar-refractivity contribution in [2.45, 2.75) is 22.3 Å². The SMILES string of the molecule is COc1ccc2c(c1)Sc1ccc(OC)cc1C(N1CCN(C)CC1)C2.CS(=O)(=O)O.CS(=O)(=O)O. The van der Waals surface area contributed by atoms with Crippen molar-refractivity contribution >= 4 is 32.0 Å². The van der Waals surface area contributed by atoms with Gasteiger partial charge in [0, 0.05) is 42.0 Å². The summed E-state index contributed by atoms with van der Waals surface area (Å²) in [4.78, 5) is 7.67. The second-order valence-electron chi connectivity index (χ2n) is 8.50. The largest absolute Gasteiger partial charge is 0.497 e. The normalized spacial score (nSPS) is 18.2. The lowest BCUT2D eigenvalue weighted by Gasteiger charge is -2.38. The average Bonchev–Trinajstić information content (AvgIpc) is 2.93. The molecule has 2 N–H and O–H groups in total. The van der Waals surface area contributed by atoms with Gasteiger partial charge in [0.1, 0.15) is 11.5 Å². The second-order valence-corrected chi connectivity index (χ2v) is 12.5. The quantitative estimate of drug-likeness (QED) is 0.535. The molecule has 1 fully saturated rings. The van der Waals surface area contributed by atoms with Crippen molar-refractivity contribution in [3.05, 3.63) is 47.5 Å². The maximum absolute atomic E-state index is 9.19. The van der Waals surface area contributed by atoms with Gasteiger partial charge in [-0.1, -0.05) is 17.8 Å². The highest BCUT2D eigenvalue weighted by Gasteiger charge is 2.30. The Hall–Kier alpha value is -1.87. The van der Waals surface area contributed by atoms with Crippen molar-refractivity contribution in [1.82, 2.24) is 9.80 Å². The Kier molecular flexibility index (Phi) is 11.0. The fourth-order valence-electron chi connectivity index (χ4n) is 3.83. The van der Waals surface area contributed by atoms with E-state index < -0.39 is 20.2 Å². The first-order chi connectivity index (χ1) is 16.7. The molecule has 4 rings (SSSR count). The zero-order valence-corrected chi connectivity index (χ0v) is 23.5. The van der Waals surface area contributed by atoms with Crippen LogP contribution >= 0.6 is 11.8 Å². The van der Waals surface area contributed by atoms with Gasteiger partial charge < -0.3 is 14.4 Å². The molecule has 0 radical (unpaired) electrons. The van der Waals surface area contributed by atoms with E-state index in [1.165, 1.54) is 20.9 Å². The van der Waals surface area contributed by atoms with Crippen LogP contribution in [0, 0.1) is 0 Å². The molecule has 202 valence electrons. The number of fused-ring (bicyclic) bond motifs is 2. The van der Waals surface area contributed by atoms with Crippen molar-refractivity contribution in [1.29, 1.82) is 0 Å². The predicted molar refractivity (Wildman–Crippen MR) is 141 cm³/mol. The molecule has 1 atom stereocenters. The average molecular weight is 563 g/mol. The van der Waals surface area contributed by atoms with Crippen LogP contribution in [0.1, 0.15) is 17.2 Å². The van der Waals surface area contributed by atoms with E-state index in [2.05, 4.69) is 53.2 Å². The van der Waals surface area contributed by atoms with Crippen LogP contribution in [0.5, 0.6) is 11.5 Å². The van der Waals surface area contributed by atoms with Crippen LogP contribution in [0.3, 0.4) is 0 Å². The number of hydrogen-bond donors (Lipinski definition) is 2. The molecule has 1 unspecified atom stereocenters. The zero-order chi connectivity index (χ0) is 27.1. The van der Waals surface area contributed by atoms with Gasteiger partial charge in [-0.15, -0.1) is 0 Å². The number of nitrogens with zero attached hydrogens (tertiary/aromatic N) is 2. The molecule has 0 saturated carbocycles. The first-order valence-corrected chi connectivity index (χ1v) is 15.5. The van der Waals surface area contributed by atoms with E-state index in [-0.39, 0.29) is 0 Å². The van der Waals surface area contributed by atoms with Crippen LogP contribution in [0.15, 0.2) is 46.2 Å². The highest BCUT2D eigenvalue weighted by molar-refractivity contribution is 7.99. The highest BCUT2D eigenvalue weighted by atomic mass is 32.2. The monoisotopic (exact) mass is 562 g/mol. The Morgan fingerprint density at radius 3 is 1.86 bits per heavy atom. The third-order valence-electron chi connectivity index (χ3n) is 5.46. The highest BCUT2D eigenvalue weighted by Crippen LogP contribution is 2.45. The summed E-state index contributed by atoms with van der Waals surface area (Å²) in [6.07, 6.45) is 2.45. The summed E-state index contributed by atoms with van der Waals surface area (Å²) in [5.74, 6) is 1.86. The fraction of sp³-hybridized carbons (Fsp3) is 0.478. The van der Waals surface area contributed by atoms with Crippen molar-refractivity contribution in [2.24, 2.45) is 0 Å². The smallest absolute Gasteiger partial charge is 0.261 e. The Bertz CT molecular complexity index is 1180. The Morgan fingerprint density at radius 1 is 0.833 bits per heavy atom. The van der Waals surface area contributed by atoms with Gasteiger partial charge in [-0.05, 0) is 54.9 Å². The van der Waals surface area contributed by atoms with Crippen molar-refractivity contribution in [2.75, 3.05) is 60.0 Å². The molecule has 13 heteroatoms. The molecule has 10 nitrogen and oxygen atoms in total. The lowest BCUT2D eigenvalue weighted by atomic mass is 9.96. The molecule has 2 heterocycles. The number of rotatable bonds is 3. The summed E-state index contributed by atoms with van der Waals surface area (Å²) >= 11 is 1.85. The van der Waals surface area contributed by atoms with Crippen LogP contribution < -0.4 is 9.47 Å². The molecule has 1 saturated heterocycles. The van der Waals surface area contributed by atoms with E-state index in [1.54, 1.807) is 14.2 Å². The summed E-state index contributed by atoms with van der Waals surface area (Å²) in [5, 5.41) is 0. The van der Waals surface area contributed by atoms with Crippen molar-refractivity contribution < 1.29 is 35.4 Å². The third-order valence-corrected chi connectivity index (χ3v) is 6.65. The third kappa shape index (κ3) is 10.6. The van der Waals surface area contributed by atoms with Gasteiger partial charge in [0.2, 0.25) is 0 Å². The van der Waals surface area contributed by atoms with E-state index >= 15 is 0 Å². The number of likely N-dealkylation sites (N-methyl/N-ethyl adjacent to an activating group) is 1. The van der Waals surface area contributed by atoms with Crippen LogP contribution in [0.25, 0.3) is 0 Å². The van der Waals surface area contributed by atoms with E-state index in [0.29, 0.717) is 18.6 Å². The minimum absolute atomic E-state index is 0.385. The summed E-state index contributed by atoms with van der Waals surface area (Å²) in [6, 6.07) is 13.4. The molecule has 2 aliphatic heterocycles. The summed E-state index contributed by atoms with van der Waals surface area (Å²) < 4.78 is 62.7. The van der Waals surface area contributed by atoms with Crippen LogP contribution in [0.4, 0.5) is 0 Å². The number of ether oxygens (including phenoxy) is 2. The second kappa shape index (κ2) is 13.1. The number of methoxy groups -OCH3 is 2. The van der Waals surface area contributed by atoms with Crippen LogP contribution in [0.2, 0.25) is 0 Å². The Morgan fingerprint density at radius 2 is 1.33 bits per heavy atom. The maximum atomic E-state index is 9.19. The molecule has 0 aromatic heterocycles. The van der Waals surface area contributed by atoms with E-state index in [4.69, 9.17) is 18.6 Å². The molecule has 0 aliphatic carbocycles. The van der Waals surface area contributed by atoms with Gasteiger partial charge >= 0.3 is 0 Å². The van der Waals surface area contributed by atoms with Gasteiger partial charge in [0.05, 0.1) is 26.7 Å². The van der Waals surface area contributed by atoms with Gasteiger partial charge in [-0.25, -0.2) is 0 Å². The molecule has 2 aromatic rings. The molecule has 2 aliphatic rings. The number of piperazine rings is 1. The molecule has 0 amide bonds. The molecular formula is C23H34N2O8S3. The molecule has 36 heavy (non-hydrogen) atoms. The first kappa shape index (κ1) is 30.4.